The minimum Gasteiger partial charge on any atom is -0.491 e. The van der Waals surface area contributed by atoms with Crippen molar-refractivity contribution in [2.45, 2.75) is 44.8 Å². The van der Waals surface area contributed by atoms with Gasteiger partial charge >= 0.3 is 0 Å². The third-order valence-corrected chi connectivity index (χ3v) is 6.78. The predicted octanol–water partition coefficient (Wildman–Crippen LogP) is 6.52. The first kappa shape index (κ1) is 23.0. The lowest BCUT2D eigenvalue weighted by molar-refractivity contribution is -0.116. The molecule has 1 aliphatic heterocycles. The predicted molar refractivity (Wildman–Crippen MR) is 143 cm³/mol. The number of benzene rings is 3. The Morgan fingerprint density at radius 2 is 1.51 bits per heavy atom. The van der Waals surface area contributed by atoms with Gasteiger partial charge < -0.3 is 20.3 Å². The molecule has 3 aromatic rings. The molecule has 35 heavy (non-hydrogen) atoms. The lowest BCUT2D eigenvalue weighted by atomic mass is 9.78. The fourth-order valence-electron chi connectivity index (χ4n) is 5.03. The summed E-state index contributed by atoms with van der Waals surface area (Å²) < 4.78 is 5.81. The van der Waals surface area contributed by atoms with Crippen LogP contribution in [-0.4, -0.2) is 26.0 Å². The maximum absolute atomic E-state index is 13.7. The van der Waals surface area contributed by atoms with E-state index >= 15 is 0 Å². The summed E-state index contributed by atoms with van der Waals surface area (Å²) in [6, 6.07) is 24.7. The molecule has 2 N–H and O–H groups in total. The van der Waals surface area contributed by atoms with Gasteiger partial charge in [0.25, 0.3) is 0 Å². The topological polar surface area (TPSA) is 53.6 Å². The van der Waals surface area contributed by atoms with Crippen molar-refractivity contribution in [3.63, 3.8) is 0 Å². The maximum atomic E-state index is 13.7. The average molecular weight is 468 g/mol. The summed E-state index contributed by atoms with van der Waals surface area (Å²) in [7, 11) is 4.07. The second-order valence-electron chi connectivity index (χ2n) is 9.89. The average Bonchev–Trinajstić information content (AvgIpc) is 3.01. The van der Waals surface area contributed by atoms with Crippen LogP contribution in [0.3, 0.4) is 0 Å². The minimum atomic E-state index is -0.201. The van der Waals surface area contributed by atoms with Gasteiger partial charge in [0.05, 0.1) is 23.5 Å². The second-order valence-corrected chi connectivity index (χ2v) is 9.89. The van der Waals surface area contributed by atoms with Crippen molar-refractivity contribution in [2.75, 3.05) is 29.6 Å². The fraction of sp³-hybridized carbons (Fsp3) is 0.300. The van der Waals surface area contributed by atoms with Gasteiger partial charge in [-0.25, -0.2) is 0 Å². The van der Waals surface area contributed by atoms with Crippen LogP contribution in [-0.2, 0) is 4.79 Å². The lowest BCUT2D eigenvalue weighted by Gasteiger charge is -2.30. The van der Waals surface area contributed by atoms with Gasteiger partial charge in [0, 0.05) is 37.5 Å². The number of nitrogens with zero attached hydrogens (tertiary/aromatic N) is 1. The molecule has 0 radical (unpaired) electrons. The van der Waals surface area contributed by atoms with E-state index < -0.39 is 0 Å². The molecule has 2 unspecified atom stereocenters. The number of hydrogen-bond acceptors (Lipinski definition) is 5. The fourth-order valence-corrected chi connectivity index (χ4v) is 5.03. The molecular weight excluding hydrogens is 434 g/mol. The van der Waals surface area contributed by atoms with E-state index in [4.69, 9.17) is 4.74 Å². The number of fused-ring (bicyclic) bond motifs is 1. The molecule has 180 valence electrons. The molecule has 5 heteroatoms. The van der Waals surface area contributed by atoms with Crippen LogP contribution in [0, 0.1) is 0 Å². The SMILES string of the molecule is CC(C)Oc1ccc(C2CC(=O)C3=C(C2)Nc2ccccc2NC3c2ccc(N(C)C)cc2)cc1. The van der Waals surface area contributed by atoms with Crippen LogP contribution in [0.2, 0.25) is 0 Å². The molecular formula is C30H33N3O2. The number of anilines is 3. The maximum Gasteiger partial charge on any atom is 0.163 e. The first-order chi connectivity index (χ1) is 16.9. The number of carbonyl (C=O) groups is 1. The monoisotopic (exact) mass is 467 g/mol. The van der Waals surface area contributed by atoms with Crippen molar-refractivity contribution >= 4 is 22.8 Å². The van der Waals surface area contributed by atoms with Crippen LogP contribution in [0.15, 0.2) is 84.1 Å². The summed E-state index contributed by atoms with van der Waals surface area (Å²) >= 11 is 0. The quantitative estimate of drug-likeness (QED) is 0.447. The molecule has 2 aliphatic rings. The number of rotatable bonds is 5. The number of carbonyl (C=O) groups excluding carboxylic acids is 1. The highest BCUT2D eigenvalue weighted by atomic mass is 16.5. The molecule has 0 fully saturated rings. The van der Waals surface area contributed by atoms with E-state index in [0.29, 0.717) is 6.42 Å². The molecule has 5 rings (SSSR count). The summed E-state index contributed by atoms with van der Waals surface area (Å²) in [4.78, 5) is 15.8. The van der Waals surface area contributed by atoms with Crippen molar-refractivity contribution in [2.24, 2.45) is 0 Å². The third-order valence-electron chi connectivity index (χ3n) is 6.78. The first-order valence-electron chi connectivity index (χ1n) is 12.3. The summed E-state index contributed by atoms with van der Waals surface area (Å²) in [6.07, 6.45) is 1.42. The number of ketones is 1. The highest BCUT2D eigenvalue weighted by Crippen LogP contribution is 2.44. The van der Waals surface area contributed by atoms with Crippen molar-refractivity contribution in [1.82, 2.24) is 0 Å². The molecule has 0 saturated carbocycles. The Hall–Kier alpha value is -3.73. The van der Waals surface area contributed by atoms with Crippen LogP contribution in [0.5, 0.6) is 5.75 Å². The number of ether oxygens (including phenoxy) is 1. The van der Waals surface area contributed by atoms with Gasteiger partial charge in [-0.15, -0.1) is 0 Å². The third kappa shape index (κ3) is 4.76. The summed E-state index contributed by atoms with van der Waals surface area (Å²) in [5.41, 5.74) is 7.24. The zero-order chi connectivity index (χ0) is 24.5. The molecule has 0 spiro atoms. The standard InChI is InChI=1S/C30H33N3O2/c1-19(2)35-24-15-11-20(12-16-24)22-17-27-29(28(34)18-22)30(21-9-13-23(14-10-21)33(3)4)32-26-8-6-5-7-25(26)31-27/h5-16,19,22,30-32H,17-18H2,1-4H3. The number of Topliss-reactive ketones (excluding diaryl/α,β-unsaturated/α-hetero) is 1. The second kappa shape index (κ2) is 9.49. The van der Waals surface area contributed by atoms with Gasteiger partial charge in [-0.3, -0.25) is 4.79 Å². The van der Waals surface area contributed by atoms with Crippen molar-refractivity contribution in [1.29, 1.82) is 0 Å². The first-order valence-corrected chi connectivity index (χ1v) is 12.3. The van der Waals surface area contributed by atoms with Gasteiger partial charge in [-0.2, -0.15) is 0 Å². The molecule has 0 aromatic heterocycles. The van der Waals surface area contributed by atoms with Crippen LogP contribution >= 0.6 is 0 Å². The normalized spacial score (nSPS) is 19.3. The zero-order valence-corrected chi connectivity index (χ0v) is 20.8. The van der Waals surface area contributed by atoms with E-state index in [1.165, 1.54) is 5.56 Å². The van der Waals surface area contributed by atoms with Crippen molar-refractivity contribution in [3.05, 3.63) is 95.2 Å². The molecule has 1 aliphatic carbocycles. The smallest absolute Gasteiger partial charge is 0.163 e. The van der Waals surface area contributed by atoms with Crippen LogP contribution in [0.25, 0.3) is 0 Å². The van der Waals surface area contributed by atoms with E-state index in [1.54, 1.807) is 0 Å². The Kier molecular flexibility index (Phi) is 6.25. The minimum absolute atomic E-state index is 0.129. The summed E-state index contributed by atoms with van der Waals surface area (Å²) in [6.45, 7) is 4.05. The molecule has 0 bridgehead atoms. The van der Waals surface area contributed by atoms with E-state index in [9.17, 15) is 4.79 Å². The molecule has 0 saturated heterocycles. The molecule has 0 amide bonds. The lowest BCUT2D eigenvalue weighted by Crippen LogP contribution is -2.27. The molecule has 1 heterocycles. The van der Waals surface area contributed by atoms with E-state index in [1.807, 2.05) is 52.2 Å². The van der Waals surface area contributed by atoms with Gasteiger partial charge in [0.1, 0.15) is 5.75 Å². The number of allylic oxidation sites excluding steroid dienone is 1. The number of para-hydroxylation sites is 2. The van der Waals surface area contributed by atoms with E-state index in [-0.39, 0.29) is 23.8 Å². The molecule has 2 atom stereocenters. The number of hydrogen-bond donors (Lipinski definition) is 2. The molecule has 5 nitrogen and oxygen atoms in total. The zero-order valence-electron chi connectivity index (χ0n) is 20.8. The van der Waals surface area contributed by atoms with Gasteiger partial charge in [-0.1, -0.05) is 36.4 Å². The number of nitrogens with one attached hydrogen (secondary N) is 2. The van der Waals surface area contributed by atoms with Gasteiger partial charge in [0.15, 0.2) is 5.78 Å². The highest BCUT2D eigenvalue weighted by Gasteiger charge is 2.36. The van der Waals surface area contributed by atoms with Crippen LogP contribution in [0.1, 0.15) is 49.8 Å². The Morgan fingerprint density at radius 1 is 0.857 bits per heavy atom. The van der Waals surface area contributed by atoms with E-state index in [2.05, 4.69) is 64.1 Å². The summed E-state index contributed by atoms with van der Waals surface area (Å²) in [5, 5.41) is 7.28. The summed E-state index contributed by atoms with van der Waals surface area (Å²) in [5.74, 6) is 1.18. The largest absolute Gasteiger partial charge is 0.491 e. The Morgan fingerprint density at radius 3 is 2.17 bits per heavy atom. The Labute approximate surface area is 207 Å². The van der Waals surface area contributed by atoms with Crippen molar-refractivity contribution < 1.29 is 9.53 Å². The van der Waals surface area contributed by atoms with Crippen LogP contribution < -0.4 is 20.3 Å². The Bertz CT molecular complexity index is 1240. The van der Waals surface area contributed by atoms with E-state index in [0.717, 1.165) is 46.1 Å². The van der Waals surface area contributed by atoms with Gasteiger partial charge in [-0.05, 0) is 73.7 Å². The van der Waals surface area contributed by atoms with Crippen molar-refractivity contribution in [3.8, 4) is 5.75 Å². The highest BCUT2D eigenvalue weighted by molar-refractivity contribution is 6.01. The molecule has 3 aromatic carbocycles. The van der Waals surface area contributed by atoms with Crippen LogP contribution in [0.4, 0.5) is 17.1 Å². The van der Waals surface area contributed by atoms with Gasteiger partial charge in [0.2, 0.25) is 0 Å². The Balaban J connectivity index is 1.51.